The van der Waals surface area contributed by atoms with Crippen LogP contribution in [0.1, 0.15) is 26.7 Å². The number of carbonyl (C=O) groups excluding carboxylic acids is 1. The maximum atomic E-state index is 11.1. The van der Waals surface area contributed by atoms with Gasteiger partial charge in [-0.1, -0.05) is 19.9 Å². The van der Waals surface area contributed by atoms with Gasteiger partial charge in [0.25, 0.3) is 0 Å². The number of hydrogen-bond acceptors (Lipinski definition) is 5. The molecule has 0 rings (SSSR count). The first-order valence-electron chi connectivity index (χ1n) is 4.53. The van der Waals surface area contributed by atoms with Gasteiger partial charge in [-0.3, -0.25) is 0 Å². The van der Waals surface area contributed by atoms with E-state index in [1.54, 1.807) is 6.92 Å². The maximum absolute atomic E-state index is 11.1. The first-order chi connectivity index (χ1) is 7.26. The van der Waals surface area contributed by atoms with Gasteiger partial charge in [0.2, 0.25) is 6.29 Å². The zero-order chi connectivity index (χ0) is 12.8. The van der Waals surface area contributed by atoms with Crippen LogP contribution in [0.4, 0.5) is 0 Å². The van der Waals surface area contributed by atoms with E-state index in [-0.39, 0.29) is 12.0 Å². The molecule has 1 unspecified atom stereocenters. The molecule has 0 fully saturated rings. The summed E-state index contributed by atoms with van der Waals surface area (Å²) < 4.78 is 18.9. The summed E-state index contributed by atoms with van der Waals surface area (Å²) in [4.78, 5) is 32.2. The molecule has 0 aliphatic rings. The molecule has 2 N–H and O–H groups in total. The Morgan fingerprint density at radius 3 is 2.44 bits per heavy atom. The molecule has 0 heterocycles. The van der Waals surface area contributed by atoms with E-state index in [9.17, 15) is 9.36 Å². The average molecular weight is 254 g/mol. The molecular formula is C8H15O7P. The lowest BCUT2D eigenvalue weighted by molar-refractivity contribution is -0.319. The van der Waals surface area contributed by atoms with Gasteiger partial charge in [0, 0.05) is 12.0 Å². The minimum atomic E-state index is -4.75. The van der Waals surface area contributed by atoms with Crippen molar-refractivity contribution in [3.05, 3.63) is 12.2 Å². The van der Waals surface area contributed by atoms with Crippen LogP contribution < -0.4 is 0 Å². The van der Waals surface area contributed by atoms with Gasteiger partial charge >= 0.3 is 13.8 Å². The fourth-order valence-electron chi connectivity index (χ4n) is 0.686. The van der Waals surface area contributed by atoms with Crippen molar-refractivity contribution < 1.29 is 33.4 Å². The summed E-state index contributed by atoms with van der Waals surface area (Å²) in [6.45, 7) is 6.57. The van der Waals surface area contributed by atoms with Gasteiger partial charge in [-0.25, -0.2) is 9.36 Å². The van der Waals surface area contributed by atoms with E-state index in [1.165, 1.54) is 6.92 Å². The van der Waals surface area contributed by atoms with E-state index in [0.29, 0.717) is 6.42 Å². The van der Waals surface area contributed by atoms with Crippen molar-refractivity contribution >= 4 is 13.8 Å². The number of ether oxygens (including phenoxy) is 1. The van der Waals surface area contributed by atoms with Crippen molar-refractivity contribution in [3.8, 4) is 0 Å². The molecule has 0 aliphatic carbocycles. The van der Waals surface area contributed by atoms with Gasteiger partial charge in [0.15, 0.2) is 0 Å². The molecule has 0 saturated heterocycles. The number of esters is 1. The van der Waals surface area contributed by atoms with Crippen LogP contribution in [0.2, 0.25) is 0 Å². The average Bonchev–Trinajstić information content (AvgIpc) is 2.13. The Labute approximate surface area is 93.2 Å². The molecule has 0 aromatic rings. The molecule has 0 amide bonds. The molecular weight excluding hydrogens is 239 g/mol. The van der Waals surface area contributed by atoms with Crippen LogP contribution in [0.15, 0.2) is 12.2 Å². The van der Waals surface area contributed by atoms with Gasteiger partial charge in [0.1, 0.15) is 0 Å². The van der Waals surface area contributed by atoms with Gasteiger partial charge < -0.3 is 14.5 Å². The van der Waals surface area contributed by atoms with Crippen molar-refractivity contribution in [1.29, 1.82) is 0 Å². The second-order valence-electron chi connectivity index (χ2n) is 3.07. The van der Waals surface area contributed by atoms with Gasteiger partial charge in [-0.05, 0) is 6.92 Å². The Bertz CT molecular complexity index is 295. The SMILES string of the molecule is C=C(C)C(=O)OC(CCC)OOP(=O)(O)O. The summed E-state index contributed by atoms with van der Waals surface area (Å²) in [5.74, 6) is -0.715. The highest BCUT2D eigenvalue weighted by Crippen LogP contribution is 2.36. The highest BCUT2D eigenvalue weighted by molar-refractivity contribution is 7.46. The van der Waals surface area contributed by atoms with Crippen LogP contribution >= 0.6 is 7.82 Å². The summed E-state index contributed by atoms with van der Waals surface area (Å²) in [5.41, 5.74) is 0.154. The number of hydrogen-bond donors (Lipinski definition) is 2. The van der Waals surface area contributed by atoms with Gasteiger partial charge in [0.05, 0.1) is 0 Å². The lowest BCUT2D eigenvalue weighted by Gasteiger charge is -2.16. The van der Waals surface area contributed by atoms with Crippen LogP contribution in [0.25, 0.3) is 0 Å². The lowest BCUT2D eigenvalue weighted by Crippen LogP contribution is -2.21. The van der Waals surface area contributed by atoms with E-state index >= 15 is 0 Å². The molecule has 0 bridgehead atoms. The van der Waals surface area contributed by atoms with Crippen LogP contribution in [0, 0.1) is 0 Å². The summed E-state index contributed by atoms with van der Waals surface area (Å²) in [7, 11) is -4.75. The smallest absolute Gasteiger partial charge is 0.430 e. The first-order valence-corrected chi connectivity index (χ1v) is 6.06. The minimum absolute atomic E-state index is 0.154. The summed E-state index contributed by atoms with van der Waals surface area (Å²) in [5, 5.41) is 0. The fourth-order valence-corrected chi connectivity index (χ4v) is 0.895. The molecule has 0 spiro atoms. The molecule has 0 aromatic heterocycles. The fraction of sp³-hybridized carbons (Fsp3) is 0.625. The largest absolute Gasteiger partial charge is 0.497 e. The van der Waals surface area contributed by atoms with E-state index in [0.717, 1.165) is 0 Å². The second kappa shape index (κ2) is 6.78. The normalized spacial score (nSPS) is 13.2. The van der Waals surface area contributed by atoms with Crippen LogP contribution in [-0.2, 0) is 23.7 Å². The standard InChI is InChI=1S/C8H15O7P/c1-4-5-7(13-8(9)6(2)3)14-15-16(10,11)12/h7H,2,4-5H2,1,3H3,(H2,10,11,12). The predicted octanol–water partition coefficient (Wildman–Crippen LogP) is 1.27. The van der Waals surface area contributed by atoms with E-state index in [4.69, 9.17) is 14.5 Å². The maximum Gasteiger partial charge on any atom is 0.497 e. The Hall–Kier alpha value is -0.720. The molecule has 94 valence electrons. The minimum Gasteiger partial charge on any atom is -0.430 e. The van der Waals surface area contributed by atoms with Crippen LogP contribution in [0.3, 0.4) is 0 Å². The van der Waals surface area contributed by atoms with Crippen molar-refractivity contribution in [3.63, 3.8) is 0 Å². The molecule has 0 aliphatic heterocycles. The van der Waals surface area contributed by atoms with Crippen molar-refractivity contribution in [2.45, 2.75) is 33.0 Å². The van der Waals surface area contributed by atoms with Crippen molar-refractivity contribution in [2.24, 2.45) is 0 Å². The van der Waals surface area contributed by atoms with Crippen molar-refractivity contribution in [2.75, 3.05) is 0 Å². The first kappa shape index (κ1) is 15.3. The van der Waals surface area contributed by atoms with E-state index < -0.39 is 20.1 Å². The van der Waals surface area contributed by atoms with Crippen LogP contribution in [-0.4, -0.2) is 22.0 Å². The lowest BCUT2D eigenvalue weighted by atomic mass is 10.3. The van der Waals surface area contributed by atoms with Crippen molar-refractivity contribution in [1.82, 2.24) is 0 Å². The Kier molecular flexibility index (Phi) is 6.47. The molecule has 0 saturated carbocycles. The van der Waals surface area contributed by atoms with E-state index in [2.05, 4.69) is 16.1 Å². The predicted molar refractivity (Wildman–Crippen MR) is 53.8 cm³/mol. The Morgan fingerprint density at radius 1 is 1.50 bits per heavy atom. The third-order valence-corrected chi connectivity index (χ3v) is 1.64. The number of carbonyl (C=O) groups is 1. The molecule has 16 heavy (non-hydrogen) atoms. The highest BCUT2D eigenvalue weighted by Gasteiger charge is 2.22. The molecule has 0 radical (unpaired) electrons. The Balaban J connectivity index is 4.22. The topological polar surface area (TPSA) is 102 Å². The Morgan fingerprint density at radius 2 is 2.06 bits per heavy atom. The number of rotatable bonds is 7. The summed E-state index contributed by atoms with van der Waals surface area (Å²) in [6, 6.07) is 0. The second-order valence-corrected chi connectivity index (χ2v) is 4.20. The highest BCUT2D eigenvalue weighted by atomic mass is 31.2. The summed E-state index contributed by atoms with van der Waals surface area (Å²) >= 11 is 0. The third-order valence-electron chi connectivity index (χ3n) is 1.36. The van der Waals surface area contributed by atoms with Crippen LogP contribution in [0.5, 0.6) is 0 Å². The molecule has 7 nitrogen and oxygen atoms in total. The number of phosphoric acid groups is 1. The summed E-state index contributed by atoms with van der Waals surface area (Å²) in [6.07, 6.45) is -0.334. The monoisotopic (exact) mass is 254 g/mol. The van der Waals surface area contributed by atoms with E-state index in [1.807, 2.05) is 0 Å². The molecule has 8 heteroatoms. The van der Waals surface area contributed by atoms with Gasteiger partial charge in [-0.15, -0.1) is 4.67 Å². The zero-order valence-corrected chi connectivity index (χ0v) is 9.98. The molecule has 1 atom stereocenters. The molecule has 0 aromatic carbocycles. The third kappa shape index (κ3) is 7.56. The van der Waals surface area contributed by atoms with Gasteiger partial charge in [-0.2, -0.15) is 4.89 Å². The zero-order valence-electron chi connectivity index (χ0n) is 9.08. The quantitative estimate of drug-likeness (QED) is 0.176.